The maximum Gasteiger partial charge on any atom is 0.191 e. The van der Waals surface area contributed by atoms with Crippen molar-refractivity contribution in [2.75, 3.05) is 66.6 Å². The van der Waals surface area contributed by atoms with Crippen molar-refractivity contribution in [3.05, 3.63) is 35.4 Å². The molecule has 1 aliphatic rings. The number of guanidine groups is 1. The standard InChI is InChI=1S/C21H37N5O.HI/c1-4-22-21(23-11-15-25(2)13-7-17-27-3)24-12-16-26-14-10-19-8-5-6-9-20(19)18-26;/h5-6,8-9H,4,7,10-18H2,1-3H3,(H2,22,23,24);1H. The van der Waals surface area contributed by atoms with Gasteiger partial charge in [0.05, 0.1) is 6.54 Å². The van der Waals surface area contributed by atoms with Gasteiger partial charge in [-0.15, -0.1) is 24.0 Å². The molecule has 160 valence electrons. The number of methoxy groups -OCH3 is 1. The van der Waals surface area contributed by atoms with E-state index in [1.807, 2.05) is 0 Å². The minimum Gasteiger partial charge on any atom is -0.385 e. The molecule has 1 aromatic carbocycles. The van der Waals surface area contributed by atoms with Crippen LogP contribution in [-0.2, 0) is 17.7 Å². The first-order valence-electron chi connectivity index (χ1n) is 10.2. The molecule has 0 aromatic heterocycles. The van der Waals surface area contributed by atoms with Crippen molar-refractivity contribution < 1.29 is 4.74 Å². The second-order valence-corrected chi connectivity index (χ2v) is 7.13. The molecule has 0 amide bonds. The molecule has 0 bridgehead atoms. The molecule has 28 heavy (non-hydrogen) atoms. The van der Waals surface area contributed by atoms with Crippen molar-refractivity contribution in [3.8, 4) is 0 Å². The Balaban J connectivity index is 0.00000392. The van der Waals surface area contributed by atoms with Crippen LogP contribution in [0, 0.1) is 0 Å². The van der Waals surface area contributed by atoms with Gasteiger partial charge in [-0.05, 0) is 37.9 Å². The molecule has 0 spiro atoms. The van der Waals surface area contributed by atoms with Crippen molar-refractivity contribution in [2.45, 2.75) is 26.3 Å². The zero-order chi connectivity index (χ0) is 19.3. The van der Waals surface area contributed by atoms with Gasteiger partial charge in [0, 0.05) is 59.5 Å². The number of ether oxygens (including phenoxy) is 1. The highest BCUT2D eigenvalue weighted by Crippen LogP contribution is 2.17. The molecule has 0 unspecified atom stereocenters. The molecule has 1 aromatic rings. The third-order valence-electron chi connectivity index (χ3n) is 4.91. The SMILES string of the molecule is CCNC(=NCCN1CCc2ccccc2C1)NCCN(C)CCCOC.I. The van der Waals surface area contributed by atoms with Crippen LogP contribution in [0.1, 0.15) is 24.5 Å². The first-order chi connectivity index (χ1) is 13.2. The third kappa shape index (κ3) is 9.54. The molecule has 6 nitrogen and oxygen atoms in total. The van der Waals surface area contributed by atoms with E-state index in [1.54, 1.807) is 7.11 Å². The van der Waals surface area contributed by atoms with Crippen molar-refractivity contribution in [1.82, 2.24) is 20.4 Å². The largest absolute Gasteiger partial charge is 0.385 e. The first-order valence-corrected chi connectivity index (χ1v) is 10.2. The lowest BCUT2D eigenvalue weighted by atomic mass is 10.0. The van der Waals surface area contributed by atoms with Gasteiger partial charge in [-0.1, -0.05) is 24.3 Å². The van der Waals surface area contributed by atoms with Crippen LogP contribution in [-0.4, -0.2) is 82.3 Å². The molecular weight excluding hydrogens is 465 g/mol. The molecule has 7 heteroatoms. The predicted octanol–water partition coefficient (Wildman–Crippen LogP) is 2.19. The fourth-order valence-corrected chi connectivity index (χ4v) is 3.35. The Bertz CT molecular complexity index is 569. The van der Waals surface area contributed by atoms with Crippen LogP contribution < -0.4 is 10.6 Å². The lowest BCUT2D eigenvalue weighted by molar-refractivity contribution is 0.180. The number of halogens is 1. The Morgan fingerprint density at radius 3 is 2.75 bits per heavy atom. The van der Waals surface area contributed by atoms with E-state index in [2.05, 4.69) is 58.7 Å². The first kappa shape index (κ1) is 25.1. The van der Waals surface area contributed by atoms with Crippen LogP contribution >= 0.6 is 24.0 Å². The molecule has 1 heterocycles. The smallest absolute Gasteiger partial charge is 0.191 e. The highest BCUT2D eigenvalue weighted by Gasteiger charge is 2.14. The summed E-state index contributed by atoms with van der Waals surface area (Å²) in [4.78, 5) is 9.57. The van der Waals surface area contributed by atoms with Gasteiger partial charge in [-0.3, -0.25) is 9.89 Å². The van der Waals surface area contributed by atoms with E-state index in [4.69, 9.17) is 9.73 Å². The topological polar surface area (TPSA) is 52.1 Å². The highest BCUT2D eigenvalue weighted by molar-refractivity contribution is 14.0. The van der Waals surface area contributed by atoms with Crippen molar-refractivity contribution >= 4 is 29.9 Å². The zero-order valence-corrected chi connectivity index (χ0v) is 20.1. The van der Waals surface area contributed by atoms with Gasteiger partial charge in [0.2, 0.25) is 0 Å². The van der Waals surface area contributed by atoms with Gasteiger partial charge < -0.3 is 20.3 Å². The van der Waals surface area contributed by atoms with Crippen molar-refractivity contribution in [3.63, 3.8) is 0 Å². The number of nitrogens with one attached hydrogen (secondary N) is 2. The Labute approximate surface area is 188 Å². The van der Waals surface area contributed by atoms with Gasteiger partial charge in [0.15, 0.2) is 5.96 Å². The predicted molar refractivity (Wildman–Crippen MR) is 129 cm³/mol. The summed E-state index contributed by atoms with van der Waals surface area (Å²) in [6.45, 7) is 10.8. The van der Waals surface area contributed by atoms with E-state index in [0.29, 0.717) is 0 Å². The minimum absolute atomic E-state index is 0. The molecule has 0 radical (unpaired) electrons. The number of likely N-dealkylation sites (N-methyl/N-ethyl adjacent to an activating group) is 1. The van der Waals surface area contributed by atoms with E-state index in [0.717, 1.165) is 77.8 Å². The number of nitrogens with zero attached hydrogens (tertiary/aromatic N) is 3. The second kappa shape index (κ2) is 15.0. The number of aliphatic imine (C=N–C) groups is 1. The van der Waals surface area contributed by atoms with Crippen LogP contribution in [0.3, 0.4) is 0 Å². The lowest BCUT2D eigenvalue weighted by Gasteiger charge is -2.28. The molecule has 2 N–H and O–H groups in total. The molecule has 0 fully saturated rings. The summed E-state index contributed by atoms with van der Waals surface area (Å²) < 4.78 is 5.11. The lowest BCUT2D eigenvalue weighted by Crippen LogP contribution is -2.41. The van der Waals surface area contributed by atoms with Gasteiger partial charge in [-0.2, -0.15) is 0 Å². The maximum atomic E-state index is 5.11. The molecule has 0 saturated carbocycles. The normalized spacial score (nSPS) is 14.5. The summed E-state index contributed by atoms with van der Waals surface area (Å²) >= 11 is 0. The third-order valence-corrected chi connectivity index (χ3v) is 4.91. The maximum absolute atomic E-state index is 5.11. The average Bonchev–Trinajstić information content (AvgIpc) is 2.68. The Hall–Kier alpha value is -0.900. The van der Waals surface area contributed by atoms with Crippen molar-refractivity contribution in [2.24, 2.45) is 4.99 Å². The average molecular weight is 503 g/mol. The van der Waals surface area contributed by atoms with Crippen molar-refractivity contribution in [1.29, 1.82) is 0 Å². The van der Waals surface area contributed by atoms with Gasteiger partial charge in [0.25, 0.3) is 0 Å². The van der Waals surface area contributed by atoms with Crippen LogP contribution in [0.25, 0.3) is 0 Å². The molecular formula is C21H38IN5O. The molecule has 2 rings (SSSR count). The van der Waals surface area contributed by atoms with E-state index in [-0.39, 0.29) is 24.0 Å². The molecule has 0 atom stereocenters. The summed E-state index contributed by atoms with van der Waals surface area (Å²) in [5.41, 5.74) is 2.97. The summed E-state index contributed by atoms with van der Waals surface area (Å²) in [5, 5.41) is 6.79. The molecule has 0 saturated heterocycles. The minimum atomic E-state index is 0. The van der Waals surface area contributed by atoms with Crippen LogP contribution in [0.2, 0.25) is 0 Å². The van der Waals surface area contributed by atoms with Gasteiger partial charge in [-0.25, -0.2) is 0 Å². The number of fused-ring (bicyclic) bond motifs is 1. The fraction of sp³-hybridized carbons (Fsp3) is 0.667. The summed E-state index contributed by atoms with van der Waals surface area (Å²) in [6, 6.07) is 8.78. The van der Waals surface area contributed by atoms with Gasteiger partial charge >= 0.3 is 0 Å². The Morgan fingerprint density at radius 2 is 2.00 bits per heavy atom. The summed E-state index contributed by atoms with van der Waals surface area (Å²) in [7, 11) is 3.90. The van der Waals surface area contributed by atoms with E-state index < -0.39 is 0 Å². The van der Waals surface area contributed by atoms with E-state index >= 15 is 0 Å². The number of hydrogen-bond acceptors (Lipinski definition) is 4. The van der Waals surface area contributed by atoms with E-state index in [9.17, 15) is 0 Å². The summed E-state index contributed by atoms with van der Waals surface area (Å²) in [5.74, 6) is 0.917. The molecule has 1 aliphatic heterocycles. The van der Waals surface area contributed by atoms with Crippen LogP contribution in [0.15, 0.2) is 29.3 Å². The number of rotatable bonds is 11. The fourth-order valence-electron chi connectivity index (χ4n) is 3.35. The zero-order valence-electron chi connectivity index (χ0n) is 17.7. The Kier molecular flexibility index (Phi) is 13.5. The van der Waals surface area contributed by atoms with Crippen LogP contribution in [0.4, 0.5) is 0 Å². The quantitative estimate of drug-likeness (QED) is 0.210. The number of benzene rings is 1. The summed E-state index contributed by atoms with van der Waals surface area (Å²) in [6.07, 6.45) is 2.22. The van der Waals surface area contributed by atoms with E-state index in [1.165, 1.54) is 11.1 Å². The number of hydrogen-bond donors (Lipinski definition) is 2. The highest BCUT2D eigenvalue weighted by atomic mass is 127. The van der Waals surface area contributed by atoms with Crippen LogP contribution in [0.5, 0.6) is 0 Å². The second-order valence-electron chi connectivity index (χ2n) is 7.13. The monoisotopic (exact) mass is 503 g/mol. The molecule has 0 aliphatic carbocycles. The van der Waals surface area contributed by atoms with Gasteiger partial charge in [0.1, 0.15) is 0 Å². The Morgan fingerprint density at radius 1 is 1.21 bits per heavy atom.